The van der Waals surface area contributed by atoms with E-state index in [1.54, 1.807) is 0 Å². The topological polar surface area (TPSA) is 35.6 Å². The molecule has 0 spiro atoms. The smallest absolute Gasteiger partial charge is 0.225 e. The van der Waals surface area contributed by atoms with Crippen LogP contribution >= 0.6 is 0 Å². The number of amides is 1. The molecule has 2 aliphatic rings. The van der Waals surface area contributed by atoms with E-state index >= 15 is 0 Å². The molecule has 1 fully saturated rings. The Balaban J connectivity index is 1.30. The van der Waals surface area contributed by atoms with Crippen LogP contribution in [0.1, 0.15) is 16.7 Å². The van der Waals surface area contributed by atoms with Crippen LogP contribution in [0.3, 0.4) is 0 Å². The summed E-state index contributed by atoms with van der Waals surface area (Å²) >= 11 is 0. The molecule has 170 valence electrons. The first-order valence-electron chi connectivity index (χ1n) is 11.8. The highest BCUT2D eigenvalue weighted by Gasteiger charge is 2.41. The van der Waals surface area contributed by atoms with E-state index in [4.69, 9.17) is 0 Å². The third-order valence-corrected chi connectivity index (χ3v) is 6.92. The first-order valence-corrected chi connectivity index (χ1v) is 11.8. The lowest BCUT2D eigenvalue weighted by Gasteiger charge is -2.49. The number of para-hydroxylation sites is 1. The number of benzene rings is 3. The molecule has 0 bridgehead atoms. The summed E-state index contributed by atoms with van der Waals surface area (Å²) < 4.78 is 13.3. The lowest BCUT2D eigenvalue weighted by atomic mass is 9.83. The predicted molar refractivity (Wildman–Crippen MR) is 130 cm³/mol. The van der Waals surface area contributed by atoms with E-state index in [-0.39, 0.29) is 23.7 Å². The molecule has 1 amide bonds. The Morgan fingerprint density at radius 2 is 1.67 bits per heavy atom. The number of rotatable bonds is 6. The number of halogens is 1. The molecular weight excluding hydrogens is 413 g/mol. The fraction of sp³-hybridized carbons (Fsp3) is 0.321. The van der Waals surface area contributed by atoms with Crippen LogP contribution in [0.5, 0.6) is 0 Å². The maximum Gasteiger partial charge on any atom is 0.225 e. The van der Waals surface area contributed by atoms with Crippen LogP contribution < -0.4 is 10.2 Å². The molecule has 5 heteroatoms. The van der Waals surface area contributed by atoms with Gasteiger partial charge in [-0.15, -0.1) is 0 Å². The van der Waals surface area contributed by atoms with Gasteiger partial charge in [-0.05, 0) is 47.7 Å². The molecule has 2 atom stereocenters. The molecule has 3 aromatic rings. The van der Waals surface area contributed by atoms with Gasteiger partial charge in [-0.2, -0.15) is 0 Å². The van der Waals surface area contributed by atoms with Crippen LogP contribution in [0.15, 0.2) is 78.9 Å². The summed E-state index contributed by atoms with van der Waals surface area (Å²) in [5.74, 6) is -0.162. The van der Waals surface area contributed by atoms with Crippen molar-refractivity contribution in [2.75, 3.05) is 31.1 Å². The van der Waals surface area contributed by atoms with Crippen molar-refractivity contribution in [3.63, 3.8) is 0 Å². The Hall–Kier alpha value is -3.18. The summed E-state index contributed by atoms with van der Waals surface area (Å²) in [7, 11) is 0. The van der Waals surface area contributed by atoms with Crippen molar-refractivity contribution in [3.8, 4) is 0 Å². The minimum atomic E-state index is -0.209. The fourth-order valence-electron chi connectivity index (χ4n) is 5.21. The zero-order valence-electron chi connectivity index (χ0n) is 18.8. The van der Waals surface area contributed by atoms with Crippen LogP contribution in [-0.2, 0) is 24.2 Å². The van der Waals surface area contributed by atoms with E-state index in [1.165, 1.54) is 28.9 Å². The summed E-state index contributed by atoms with van der Waals surface area (Å²) in [5, 5.41) is 3.21. The van der Waals surface area contributed by atoms with Crippen molar-refractivity contribution in [1.29, 1.82) is 0 Å². The minimum Gasteiger partial charge on any atom is -0.365 e. The number of piperazine rings is 1. The molecule has 0 radical (unpaired) electrons. The van der Waals surface area contributed by atoms with Crippen molar-refractivity contribution in [2.45, 2.75) is 25.4 Å². The van der Waals surface area contributed by atoms with Gasteiger partial charge in [-0.1, -0.05) is 60.7 Å². The largest absolute Gasteiger partial charge is 0.365 e. The number of hydrogen-bond donors (Lipinski definition) is 1. The molecule has 1 N–H and O–H groups in total. The average molecular weight is 444 g/mol. The zero-order valence-corrected chi connectivity index (χ0v) is 18.8. The van der Waals surface area contributed by atoms with Crippen molar-refractivity contribution < 1.29 is 9.18 Å². The standard InChI is InChI=1S/C28H30FN3O/c29-24-12-10-22(11-13-24)19-31-16-17-32-26-9-5-4-8-23(26)18-25(27(32)20-31)28(33)30-15-14-21-6-2-1-3-7-21/h1-13,25,27H,14-20H2,(H,30,33)/t25-,27+/m0/s1. The van der Waals surface area contributed by atoms with Gasteiger partial charge in [-0.3, -0.25) is 9.69 Å². The van der Waals surface area contributed by atoms with Crippen molar-refractivity contribution >= 4 is 11.6 Å². The quantitative estimate of drug-likeness (QED) is 0.625. The molecule has 1 saturated heterocycles. The molecule has 4 nitrogen and oxygen atoms in total. The molecule has 0 aliphatic carbocycles. The van der Waals surface area contributed by atoms with Crippen LogP contribution in [0.25, 0.3) is 0 Å². The molecule has 0 aromatic heterocycles. The van der Waals surface area contributed by atoms with Gasteiger partial charge in [0.05, 0.1) is 12.0 Å². The molecular formula is C28H30FN3O. The SMILES string of the molecule is O=C(NCCc1ccccc1)[C@H]1Cc2ccccc2N2CCN(Cc3ccc(F)cc3)C[C@H]12. The van der Waals surface area contributed by atoms with Crippen LogP contribution in [0.2, 0.25) is 0 Å². The summed E-state index contributed by atoms with van der Waals surface area (Å²) in [6.07, 6.45) is 1.60. The highest BCUT2D eigenvalue weighted by molar-refractivity contribution is 5.82. The second-order valence-electron chi connectivity index (χ2n) is 9.09. The Morgan fingerprint density at radius 1 is 0.909 bits per heavy atom. The van der Waals surface area contributed by atoms with Crippen molar-refractivity contribution in [2.24, 2.45) is 5.92 Å². The summed E-state index contributed by atoms with van der Waals surface area (Å²) in [5.41, 5.74) is 4.85. The van der Waals surface area contributed by atoms with E-state index < -0.39 is 0 Å². The second kappa shape index (κ2) is 9.75. The number of nitrogens with zero attached hydrogens (tertiary/aromatic N) is 2. The summed E-state index contributed by atoms with van der Waals surface area (Å²) in [4.78, 5) is 18.2. The first-order chi connectivity index (χ1) is 16.2. The molecule has 2 heterocycles. The Kier molecular flexibility index (Phi) is 6.40. The van der Waals surface area contributed by atoms with Crippen LogP contribution in [0.4, 0.5) is 10.1 Å². The Bertz CT molecular complexity index is 1090. The molecule has 0 saturated carbocycles. The normalized spacial score (nSPS) is 20.1. The molecule has 33 heavy (non-hydrogen) atoms. The van der Waals surface area contributed by atoms with Gasteiger partial charge in [0, 0.05) is 38.4 Å². The van der Waals surface area contributed by atoms with Gasteiger partial charge in [0.2, 0.25) is 5.91 Å². The van der Waals surface area contributed by atoms with Crippen molar-refractivity contribution in [1.82, 2.24) is 10.2 Å². The van der Waals surface area contributed by atoms with Gasteiger partial charge < -0.3 is 10.2 Å². The van der Waals surface area contributed by atoms with Gasteiger partial charge in [0.15, 0.2) is 0 Å². The van der Waals surface area contributed by atoms with Crippen molar-refractivity contribution in [3.05, 3.63) is 101 Å². The van der Waals surface area contributed by atoms with E-state index in [1.807, 2.05) is 30.3 Å². The molecule has 2 aliphatic heterocycles. The second-order valence-corrected chi connectivity index (χ2v) is 9.09. The number of fused-ring (bicyclic) bond motifs is 3. The van der Waals surface area contributed by atoms with Gasteiger partial charge >= 0.3 is 0 Å². The average Bonchev–Trinajstić information content (AvgIpc) is 2.85. The Labute approximate surface area is 195 Å². The summed E-state index contributed by atoms with van der Waals surface area (Å²) in [6, 6.07) is 25.6. The van der Waals surface area contributed by atoms with E-state index in [0.29, 0.717) is 6.54 Å². The third-order valence-electron chi connectivity index (χ3n) is 6.92. The minimum absolute atomic E-state index is 0.0910. The lowest BCUT2D eigenvalue weighted by Crippen LogP contribution is -2.61. The lowest BCUT2D eigenvalue weighted by molar-refractivity contribution is -0.126. The maximum atomic E-state index is 13.4. The Morgan fingerprint density at radius 3 is 2.48 bits per heavy atom. The van der Waals surface area contributed by atoms with Gasteiger partial charge in [0.25, 0.3) is 0 Å². The molecule has 0 unspecified atom stereocenters. The van der Waals surface area contributed by atoms with Crippen LogP contribution in [0, 0.1) is 11.7 Å². The fourth-order valence-corrected chi connectivity index (χ4v) is 5.21. The zero-order chi connectivity index (χ0) is 22.6. The van der Waals surface area contributed by atoms with E-state index in [9.17, 15) is 9.18 Å². The first kappa shape index (κ1) is 21.7. The monoisotopic (exact) mass is 443 g/mol. The molecule has 3 aromatic carbocycles. The number of carbonyl (C=O) groups is 1. The number of carbonyl (C=O) groups excluding carboxylic acids is 1. The highest BCUT2D eigenvalue weighted by Crippen LogP contribution is 2.36. The van der Waals surface area contributed by atoms with Gasteiger partial charge in [-0.25, -0.2) is 4.39 Å². The van der Waals surface area contributed by atoms with Gasteiger partial charge in [0.1, 0.15) is 5.82 Å². The predicted octanol–water partition coefficient (Wildman–Crippen LogP) is 4.05. The van der Waals surface area contributed by atoms with E-state index in [2.05, 4.69) is 51.5 Å². The number of nitrogens with one attached hydrogen (secondary N) is 1. The van der Waals surface area contributed by atoms with E-state index in [0.717, 1.165) is 44.6 Å². The summed E-state index contributed by atoms with van der Waals surface area (Å²) in [6.45, 7) is 4.05. The maximum absolute atomic E-state index is 13.4. The number of anilines is 1. The highest BCUT2D eigenvalue weighted by atomic mass is 19.1. The van der Waals surface area contributed by atoms with Crippen LogP contribution in [-0.4, -0.2) is 43.0 Å². The third kappa shape index (κ3) is 4.93. The number of hydrogen-bond acceptors (Lipinski definition) is 3. The molecule has 5 rings (SSSR count).